The highest BCUT2D eigenvalue weighted by atomic mass is 35.7. The molecule has 0 aliphatic rings. The summed E-state index contributed by atoms with van der Waals surface area (Å²) in [6.07, 6.45) is 13.0. The van der Waals surface area contributed by atoms with Crippen molar-refractivity contribution in [3.05, 3.63) is 108 Å². The molecule has 0 amide bonds. The molecule has 0 saturated heterocycles. The molecular formula is C29H36ClP. The first kappa shape index (κ1) is 24.0. The molecule has 0 heterocycles. The zero-order valence-electron chi connectivity index (χ0n) is 18.6. The van der Waals surface area contributed by atoms with Crippen molar-refractivity contribution in [2.75, 3.05) is 6.16 Å². The molecule has 0 aromatic heterocycles. The Bertz CT molecular complexity index is 736. The Hall–Kier alpha value is -1.62. The van der Waals surface area contributed by atoms with E-state index in [1.165, 1.54) is 74.2 Å². The van der Waals surface area contributed by atoms with Gasteiger partial charge in [-0.1, -0.05) is 136 Å². The van der Waals surface area contributed by atoms with E-state index in [4.69, 9.17) is 11.2 Å². The summed E-state index contributed by atoms with van der Waals surface area (Å²) >= 11 is 5.80. The Kier molecular flexibility index (Phi) is 10.6. The summed E-state index contributed by atoms with van der Waals surface area (Å²) in [5, 5.41) is 0. The summed E-state index contributed by atoms with van der Waals surface area (Å²) in [5.74, 6) is 0. The van der Waals surface area contributed by atoms with E-state index in [9.17, 15) is 0 Å². The summed E-state index contributed by atoms with van der Waals surface area (Å²) in [6, 6.07) is 33.3. The van der Waals surface area contributed by atoms with Crippen LogP contribution in [-0.2, 0) is 5.41 Å². The SMILES string of the molecule is ClPCCCCCCCCCCC(c1ccccc1)(c1ccccc1)c1ccccc1. The monoisotopic (exact) mass is 450 g/mol. The lowest BCUT2D eigenvalue weighted by atomic mass is 9.66. The molecule has 0 aliphatic heterocycles. The van der Waals surface area contributed by atoms with Gasteiger partial charge < -0.3 is 0 Å². The van der Waals surface area contributed by atoms with Gasteiger partial charge >= 0.3 is 0 Å². The van der Waals surface area contributed by atoms with Gasteiger partial charge in [0.05, 0.1) is 0 Å². The van der Waals surface area contributed by atoms with Crippen LogP contribution < -0.4 is 0 Å². The average Bonchev–Trinajstić information content (AvgIpc) is 2.84. The lowest BCUT2D eigenvalue weighted by Gasteiger charge is -2.36. The smallest absolute Gasteiger partial charge is 0.0451 e. The molecule has 0 nitrogen and oxygen atoms in total. The fraction of sp³-hybridized carbons (Fsp3) is 0.379. The lowest BCUT2D eigenvalue weighted by Crippen LogP contribution is -2.29. The van der Waals surface area contributed by atoms with Crippen molar-refractivity contribution < 1.29 is 0 Å². The molecule has 1 unspecified atom stereocenters. The van der Waals surface area contributed by atoms with Crippen LogP contribution in [0, 0.1) is 0 Å². The van der Waals surface area contributed by atoms with Gasteiger partial charge in [0.1, 0.15) is 0 Å². The minimum Gasteiger partial charge on any atom is -0.100 e. The zero-order chi connectivity index (χ0) is 21.6. The highest BCUT2D eigenvalue weighted by Crippen LogP contribution is 2.43. The van der Waals surface area contributed by atoms with Crippen molar-refractivity contribution in [2.24, 2.45) is 0 Å². The van der Waals surface area contributed by atoms with Gasteiger partial charge in [-0.3, -0.25) is 0 Å². The van der Waals surface area contributed by atoms with Gasteiger partial charge in [0, 0.05) is 5.41 Å². The second kappa shape index (κ2) is 13.7. The van der Waals surface area contributed by atoms with Crippen molar-refractivity contribution in [3.8, 4) is 0 Å². The van der Waals surface area contributed by atoms with Gasteiger partial charge in [0.25, 0.3) is 0 Å². The quantitative estimate of drug-likeness (QED) is 0.130. The Balaban J connectivity index is 1.70. The van der Waals surface area contributed by atoms with Crippen LogP contribution in [0.5, 0.6) is 0 Å². The summed E-state index contributed by atoms with van der Waals surface area (Å²) in [4.78, 5) is 0. The summed E-state index contributed by atoms with van der Waals surface area (Å²) in [5.41, 5.74) is 4.10. The zero-order valence-corrected chi connectivity index (χ0v) is 20.4. The number of rotatable bonds is 14. The Morgan fingerprint density at radius 2 is 0.839 bits per heavy atom. The van der Waals surface area contributed by atoms with Crippen LogP contribution in [0.2, 0.25) is 0 Å². The Labute approximate surface area is 196 Å². The molecule has 3 rings (SSSR count). The number of hydrogen-bond acceptors (Lipinski definition) is 0. The van der Waals surface area contributed by atoms with E-state index in [0.29, 0.717) is 7.93 Å². The third-order valence-electron chi connectivity index (χ3n) is 6.37. The minimum absolute atomic E-state index is 0.0912. The summed E-state index contributed by atoms with van der Waals surface area (Å²) in [7, 11) is 0.600. The summed E-state index contributed by atoms with van der Waals surface area (Å²) < 4.78 is 0. The molecule has 31 heavy (non-hydrogen) atoms. The van der Waals surface area contributed by atoms with Crippen molar-refractivity contribution in [2.45, 2.75) is 63.2 Å². The largest absolute Gasteiger partial charge is 0.100 e. The second-order valence-corrected chi connectivity index (χ2v) is 10.0. The van der Waals surface area contributed by atoms with Crippen LogP contribution in [0.25, 0.3) is 0 Å². The highest BCUT2D eigenvalue weighted by molar-refractivity contribution is 7.68. The topological polar surface area (TPSA) is 0 Å². The number of halogens is 1. The molecule has 0 spiro atoms. The highest BCUT2D eigenvalue weighted by Gasteiger charge is 2.35. The van der Waals surface area contributed by atoms with Gasteiger partial charge in [0.2, 0.25) is 0 Å². The molecule has 0 fully saturated rings. The maximum absolute atomic E-state index is 5.80. The average molecular weight is 451 g/mol. The van der Waals surface area contributed by atoms with Crippen LogP contribution in [0.4, 0.5) is 0 Å². The van der Waals surface area contributed by atoms with Gasteiger partial charge in [-0.15, -0.1) is 11.2 Å². The first-order valence-corrected chi connectivity index (χ1v) is 14.1. The van der Waals surface area contributed by atoms with E-state index < -0.39 is 0 Å². The van der Waals surface area contributed by atoms with Crippen LogP contribution in [0.15, 0.2) is 91.0 Å². The maximum atomic E-state index is 5.80. The van der Waals surface area contributed by atoms with E-state index in [-0.39, 0.29) is 5.41 Å². The molecule has 0 radical (unpaired) electrons. The first-order valence-electron chi connectivity index (χ1n) is 11.9. The number of hydrogen-bond donors (Lipinski definition) is 0. The molecule has 1 atom stereocenters. The Morgan fingerprint density at radius 1 is 0.484 bits per heavy atom. The van der Waals surface area contributed by atoms with E-state index in [0.717, 1.165) is 6.42 Å². The fourth-order valence-electron chi connectivity index (χ4n) is 4.74. The summed E-state index contributed by atoms with van der Waals surface area (Å²) in [6.45, 7) is 0. The van der Waals surface area contributed by atoms with Crippen LogP contribution in [-0.4, -0.2) is 6.16 Å². The maximum Gasteiger partial charge on any atom is 0.0451 e. The minimum atomic E-state index is -0.0912. The van der Waals surface area contributed by atoms with Gasteiger partial charge in [-0.05, 0) is 43.6 Å². The van der Waals surface area contributed by atoms with E-state index in [1.54, 1.807) is 0 Å². The van der Waals surface area contributed by atoms with E-state index >= 15 is 0 Å². The normalized spacial score (nSPS) is 11.9. The Morgan fingerprint density at radius 3 is 1.23 bits per heavy atom. The third kappa shape index (κ3) is 6.93. The molecule has 3 aromatic rings. The van der Waals surface area contributed by atoms with Crippen molar-refractivity contribution in [1.82, 2.24) is 0 Å². The molecule has 0 saturated carbocycles. The molecular weight excluding hydrogens is 415 g/mol. The lowest BCUT2D eigenvalue weighted by molar-refractivity contribution is 0.495. The van der Waals surface area contributed by atoms with E-state index in [1.807, 2.05) is 0 Å². The molecule has 3 aromatic carbocycles. The predicted octanol–water partition coefficient (Wildman–Crippen LogP) is 9.36. The number of unbranched alkanes of at least 4 members (excludes halogenated alkanes) is 7. The van der Waals surface area contributed by atoms with Gasteiger partial charge in [-0.2, -0.15) is 0 Å². The van der Waals surface area contributed by atoms with Crippen LogP contribution in [0.1, 0.15) is 74.5 Å². The molecule has 2 heteroatoms. The van der Waals surface area contributed by atoms with Crippen LogP contribution in [0.3, 0.4) is 0 Å². The van der Waals surface area contributed by atoms with E-state index in [2.05, 4.69) is 91.0 Å². The van der Waals surface area contributed by atoms with Crippen molar-refractivity contribution in [3.63, 3.8) is 0 Å². The molecule has 0 bridgehead atoms. The van der Waals surface area contributed by atoms with Gasteiger partial charge in [0.15, 0.2) is 0 Å². The predicted molar refractivity (Wildman–Crippen MR) is 140 cm³/mol. The standard InChI is InChI=1S/C29H36ClP/c30-31-25-17-6-4-2-1-3-5-16-24-29(26-18-10-7-11-19-26,27-20-12-8-13-21-27)28-22-14-9-15-23-28/h7-15,18-23,31H,1-6,16-17,24-25H2. The van der Waals surface area contributed by atoms with Crippen LogP contribution >= 0.6 is 19.2 Å². The molecule has 164 valence electrons. The number of benzene rings is 3. The van der Waals surface area contributed by atoms with Gasteiger partial charge in [-0.25, -0.2) is 0 Å². The fourth-order valence-corrected chi connectivity index (χ4v) is 5.53. The molecule has 0 N–H and O–H groups in total. The second-order valence-electron chi connectivity index (χ2n) is 8.47. The molecule has 0 aliphatic carbocycles. The first-order chi connectivity index (χ1) is 15.4. The third-order valence-corrected chi connectivity index (χ3v) is 7.48. The van der Waals surface area contributed by atoms with Crippen molar-refractivity contribution >= 4 is 19.2 Å². The van der Waals surface area contributed by atoms with Crippen molar-refractivity contribution in [1.29, 1.82) is 0 Å².